The Balaban J connectivity index is 2.83. The van der Waals surface area contributed by atoms with Crippen molar-refractivity contribution >= 4 is 24.2 Å². The normalized spacial score (nSPS) is 9.29. The summed E-state index contributed by atoms with van der Waals surface area (Å²) in [6.07, 6.45) is 5.01. The number of ether oxygens (including phenoxy) is 1. The van der Waals surface area contributed by atoms with E-state index in [0.29, 0.717) is 5.56 Å². The molecule has 1 aromatic carbocycles. The lowest BCUT2D eigenvalue weighted by Crippen LogP contribution is -2.51. The number of rotatable bonds is 9. The first-order chi connectivity index (χ1) is 20.3. The highest BCUT2D eigenvalue weighted by molar-refractivity contribution is 5.89. The van der Waals surface area contributed by atoms with Gasteiger partial charge in [-0.2, -0.15) is 0 Å². The lowest BCUT2D eigenvalue weighted by atomic mass is 10.0. The number of carbonyl (C=O) groups excluding carboxylic acids is 3. The third kappa shape index (κ3) is 16.5. The number of aliphatic carboxylic acids is 1. The molecule has 8 heteroatoms. The third-order valence-corrected chi connectivity index (χ3v) is 4.23. The molecule has 1 rings (SSSR count). The Morgan fingerprint density at radius 3 is 1.85 bits per heavy atom. The van der Waals surface area contributed by atoms with Gasteiger partial charge in [-0.3, -0.25) is 14.4 Å². The van der Waals surface area contributed by atoms with Crippen LogP contribution in [0.25, 0.3) is 0 Å². The fourth-order valence-electron chi connectivity index (χ4n) is 2.54. The topological polar surface area (TPSA) is 122 Å². The number of carboxylic acids is 1. The predicted octanol–water partition coefficient (Wildman–Crippen LogP) is -0.146. The molecule has 0 spiro atoms. The second-order valence-electron chi connectivity index (χ2n) is 7.02. The molecule has 0 radical (unpaired) electrons. The first kappa shape index (κ1) is 30.4. The molecule has 1 aromatic rings. The van der Waals surface area contributed by atoms with Crippen LogP contribution in [0.2, 0.25) is 0 Å². The van der Waals surface area contributed by atoms with Crippen LogP contribution < -0.4 is 10.6 Å². The number of nitrogens with one attached hydrogen (secondary N) is 2. The summed E-state index contributed by atoms with van der Waals surface area (Å²) in [5.41, 5.74) is 0.673. The van der Waals surface area contributed by atoms with Crippen LogP contribution in [0, 0.1) is 107 Å². The zero-order chi connectivity index (χ0) is 30.8. The Labute approximate surface area is 239 Å². The number of terminal acetylenes is 1. The van der Waals surface area contributed by atoms with Crippen molar-refractivity contribution in [3.8, 4) is 107 Å². The molecule has 0 aliphatic rings. The fourth-order valence-corrected chi connectivity index (χ4v) is 2.54. The smallest absolute Gasteiger partial charge is 0.342 e. The van der Waals surface area contributed by atoms with Crippen LogP contribution in [-0.4, -0.2) is 41.4 Å². The van der Waals surface area contributed by atoms with E-state index in [4.69, 9.17) is 17.6 Å². The van der Waals surface area contributed by atoms with Crippen molar-refractivity contribution in [3.05, 3.63) is 35.9 Å². The van der Waals surface area contributed by atoms with Crippen LogP contribution >= 0.6 is 0 Å². The Morgan fingerprint density at radius 2 is 1.37 bits per heavy atom. The maximum Gasteiger partial charge on any atom is 0.342 e. The van der Waals surface area contributed by atoms with E-state index in [1.165, 1.54) is 0 Å². The average molecular weight is 541 g/mol. The molecule has 0 aliphatic heterocycles. The van der Waals surface area contributed by atoms with Gasteiger partial charge in [-0.25, -0.2) is 4.79 Å². The van der Waals surface area contributed by atoms with E-state index in [0.717, 1.165) is 0 Å². The van der Waals surface area contributed by atoms with Crippen molar-refractivity contribution in [3.63, 3.8) is 0 Å². The van der Waals surface area contributed by atoms with Gasteiger partial charge < -0.3 is 20.5 Å². The van der Waals surface area contributed by atoms with Gasteiger partial charge >= 0.3 is 11.9 Å². The number of hydrogen-bond donors (Lipinski definition) is 3. The summed E-state index contributed by atoms with van der Waals surface area (Å²) in [7, 11) is 0. The minimum Gasteiger partial charge on any atom is -0.481 e. The molecule has 8 nitrogen and oxygen atoms in total. The van der Waals surface area contributed by atoms with Crippen molar-refractivity contribution in [2.45, 2.75) is 31.3 Å². The first-order valence-corrected chi connectivity index (χ1v) is 11.3. The molecule has 0 bridgehead atoms. The van der Waals surface area contributed by atoms with E-state index in [-0.39, 0.29) is 12.8 Å². The molecule has 196 valence electrons. The van der Waals surface area contributed by atoms with Crippen LogP contribution in [0.1, 0.15) is 19.8 Å². The summed E-state index contributed by atoms with van der Waals surface area (Å²) in [6.45, 7) is 0. The molecule has 2 amide bonds. The third-order valence-electron chi connectivity index (χ3n) is 4.23. The van der Waals surface area contributed by atoms with E-state index in [1.807, 2.05) is 0 Å². The Hall–Kier alpha value is -6.86. The van der Waals surface area contributed by atoms with Crippen molar-refractivity contribution < 1.29 is 30.4 Å². The molecule has 3 N–H and O–H groups in total. The van der Waals surface area contributed by atoms with Crippen LogP contribution in [0.15, 0.2) is 30.3 Å². The van der Waals surface area contributed by atoms with Crippen molar-refractivity contribution in [2.75, 3.05) is 0 Å². The molecule has 2 atom stereocenters. The van der Waals surface area contributed by atoms with E-state index in [2.05, 4.69) is 111 Å². The van der Waals surface area contributed by atoms with E-state index < -0.39 is 42.7 Å². The zero-order valence-corrected chi connectivity index (χ0v) is 21.2. The highest BCUT2D eigenvalue weighted by Gasteiger charge is 2.27. The number of amides is 2. The molecular weight excluding hydrogens is 520 g/mol. The van der Waals surface area contributed by atoms with Crippen LogP contribution in [0.4, 0.5) is 0 Å². The van der Waals surface area contributed by atoms with Crippen LogP contribution in [0.5, 0.6) is 0 Å². The van der Waals surface area contributed by atoms with Gasteiger partial charge in [-0.05, 0) is 59.3 Å². The van der Waals surface area contributed by atoms with Crippen molar-refractivity contribution in [1.29, 1.82) is 0 Å². The molecule has 2 unspecified atom stereocenters. The number of carbonyl (C=O) groups is 4. The second-order valence-corrected chi connectivity index (χ2v) is 7.02. The van der Waals surface area contributed by atoms with E-state index in [9.17, 15) is 19.2 Å². The summed E-state index contributed by atoms with van der Waals surface area (Å²) in [6, 6.07) is 6.06. The SMILES string of the molecule is [3H]C(=O)NC(CCC(=O)O)C(=O)NC(Cc1ccccc1)C(=O)OC#CC#CC#CC#CC#CC#CC#CC#CC#C. The average Bonchev–Trinajstić information content (AvgIpc) is 2.96. The largest absolute Gasteiger partial charge is 0.481 e. The minimum absolute atomic E-state index is 0.00641. The Kier molecular flexibility index (Phi) is 15.7. The molecule has 0 heterocycles. The summed E-state index contributed by atoms with van der Waals surface area (Å²) >= 11 is 0. The molecule has 0 saturated heterocycles. The standard InChI is InChI=1S/C33H18N2O6/c1-2-3-4-5-6-7-8-9-10-11-12-13-14-15-16-20-25-41-33(40)30(26-28-21-18-17-19-22-28)35-32(39)29(34-27-36)23-24-31(37)38/h1,17-19,21-22,27,29-30H,23-24,26H2,(H,34,36)(H,35,39)(H,37,38)/i27T. The lowest BCUT2D eigenvalue weighted by molar-refractivity contribution is -0.142. The van der Waals surface area contributed by atoms with Crippen molar-refractivity contribution in [1.82, 2.24) is 10.6 Å². The quantitative estimate of drug-likeness (QED) is 0.228. The number of benzene rings is 1. The van der Waals surface area contributed by atoms with Gasteiger partial charge in [0.15, 0.2) is 0 Å². The summed E-state index contributed by atoms with van der Waals surface area (Å²) in [5.74, 6) is 35.1. The Bertz CT molecular complexity index is 1750. The number of esters is 1. The van der Waals surface area contributed by atoms with Gasteiger partial charge in [-0.1, -0.05) is 30.3 Å². The monoisotopic (exact) mass is 540 g/mol. The van der Waals surface area contributed by atoms with Crippen LogP contribution in [-0.2, 0) is 30.3 Å². The molecule has 0 saturated carbocycles. The first-order valence-electron chi connectivity index (χ1n) is 11.8. The highest BCUT2D eigenvalue weighted by Crippen LogP contribution is 2.06. The molecule has 41 heavy (non-hydrogen) atoms. The Morgan fingerprint density at radius 1 is 0.854 bits per heavy atom. The number of hydrogen-bond acceptors (Lipinski definition) is 5. The second kappa shape index (κ2) is 21.2. The van der Waals surface area contributed by atoms with Gasteiger partial charge in [-0.15, -0.1) is 6.42 Å². The predicted molar refractivity (Wildman–Crippen MR) is 149 cm³/mol. The maximum absolute atomic E-state index is 12.7. The van der Waals surface area contributed by atoms with Gasteiger partial charge in [0.05, 0.1) is 0 Å². The van der Waals surface area contributed by atoms with E-state index >= 15 is 0 Å². The van der Waals surface area contributed by atoms with Crippen LogP contribution in [0.3, 0.4) is 0 Å². The van der Waals surface area contributed by atoms with E-state index in [1.54, 1.807) is 30.3 Å². The summed E-state index contributed by atoms with van der Waals surface area (Å²) in [5, 5.41) is 13.4. The van der Waals surface area contributed by atoms with Gasteiger partial charge in [0, 0.05) is 60.2 Å². The van der Waals surface area contributed by atoms with Gasteiger partial charge in [0.1, 0.15) is 19.6 Å². The lowest BCUT2D eigenvalue weighted by Gasteiger charge is -2.20. The molecule has 0 fully saturated rings. The summed E-state index contributed by atoms with van der Waals surface area (Å²) < 4.78 is 11.9. The fraction of sp³-hybridized carbons (Fsp3) is 0.152. The maximum atomic E-state index is 12.7. The van der Waals surface area contributed by atoms with Gasteiger partial charge in [0.2, 0.25) is 12.3 Å². The molecular formula is C33H18N2O6. The highest BCUT2D eigenvalue weighted by atomic mass is 16.5. The molecule has 0 aromatic heterocycles. The number of carboxylic acid groups (broad SMARTS) is 1. The molecule has 0 aliphatic carbocycles. The zero-order valence-electron chi connectivity index (χ0n) is 22.2. The van der Waals surface area contributed by atoms with Crippen molar-refractivity contribution in [2.24, 2.45) is 0 Å². The minimum atomic E-state index is -1.35. The van der Waals surface area contributed by atoms with Gasteiger partial charge in [0.25, 0.3) is 0 Å². The summed E-state index contributed by atoms with van der Waals surface area (Å²) in [4.78, 5) is 47.4.